The number of piperidine rings is 1. The Kier molecular flexibility index (Phi) is 5.05. The van der Waals surface area contributed by atoms with Gasteiger partial charge in [0.1, 0.15) is 11.9 Å². The molecule has 2 aromatic carbocycles. The Hall–Kier alpha value is -3.17. The first kappa shape index (κ1) is 22.3. The lowest BCUT2D eigenvalue weighted by atomic mass is 9.51. The van der Waals surface area contributed by atoms with Gasteiger partial charge in [-0.15, -0.1) is 0 Å². The van der Waals surface area contributed by atoms with E-state index in [1.54, 1.807) is 18.1 Å². The van der Waals surface area contributed by atoms with Crippen LogP contribution < -0.4 is 9.47 Å². The maximum atomic E-state index is 13.2. The molecule has 2 heterocycles. The van der Waals surface area contributed by atoms with E-state index in [1.807, 2.05) is 38.2 Å². The predicted octanol–water partition coefficient (Wildman–Crippen LogP) is 3.26. The van der Waals surface area contributed by atoms with Gasteiger partial charge >= 0.3 is 0 Å². The van der Waals surface area contributed by atoms with E-state index in [0.29, 0.717) is 23.5 Å². The molecule has 1 spiro atoms. The van der Waals surface area contributed by atoms with Crippen LogP contribution in [0.2, 0.25) is 0 Å². The van der Waals surface area contributed by atoms with Crippen LogP contribution in [0.15, 0.2) is 30.3 Å². The number of aryl methyl sites for hydroxylation is 1. The summed E-state index contributed by atoms with van der Waals surface area (Å²) in [5.74, 6) is 7.76. The summed E-state index contributed by atoms with van der Waals surface area (Å²) in [5.41, 5.74) is 3.85. The SMILES string of the molecule is COc1cc(O)c2c3c1O[C@H]1[C@H](N(C)C(=O)C#Cc4cccc(C)c4)CC[C@H]4[C@@H](C2)N(C)CC[C@@]341. The lowest BCUT2D eigenvalue weighted by Gasteiger charge is -2.59. The van der Waals surface area contributed by atoms with Gasteiger partial charge in [0.25, 0.3) is 5.91 Å². The van der Waals surface area contributed by atoms with Gasteiger partial charge in [-0.25, -0.2) is 0 Å². The van der Waals surface area contributed by atoms with Crippen molar-refractivity contribution in [3.05, 3.63) is 52.6 Å². The second kappa shape index (κ2) is 7.93. The molecule has 2 aliphatic carbocycles. The number of benzene rings is 2. The summed E-state index contributed by atoms with van der Waals surface area (Å²) in [6.45, 7) is 2.99. The zero-order valence-electron chi connectivity index (χ0n) is 20.8. The largest absolute Gasteiger partial charge is 0.508 e. The molecule has 0 aromatic heterocycles. The van der Waals surface area contributed by atoms with Crippen molar-refractivity contribution in [2.75, 3.05) is 27.7 Å². The fourth-order valence-corrected chi connectivity index (χ4v) is 7.40. The highest BCUT2D eigenvalue weighted by Crippen LogP contribution is 2.65. The zero-order chi connectivity index (χ0) is 24.5. The van der Waals surface area contributed by atoms with E-state index < -0.39 is 0 Å². The van der Waals surface area contributed by atoms with Crippen LogP contribution in [0.25, 0.3) is 0 Å². The number of carbonyl (C=O) groups excluding carboxylic acids is 1. The Balaban J connectivity index is 1.40. The van der Waals surface area contributed by atoms with Gasteiger partial charge in [-0.1, -0.05) is 18.1 Å². The van der Waals surface area contributed by atoms with Gasteiger partial charge in [-0.05, 0) is 69.8 Å². The number of phenols is 1. The number of hydrogen-bond acceptors (Lipinski definition) is 5. The van der Waals surface area contributed by atoms with Crippen molar-refractivity contribution in [3.8, 4) is 29.1 Å². The van der Waals surface area contributed by atoms with Gasteiger partial charge in [0.05, 0.1) is 13.2 Å². The molecule has 2 aliphatic heterocycles. The molecule has 4 aliphatic rings. The molecule has 6 nitrogen and oxygen atoms in total. The Morgan fingerprint density at radius 3 is 2.91 bits per heavy atom. The highest BCUT2D eigenvalue weighted by molar-refractivity contribution is 5.94. The number of nitrogens with zero attached hydrogens (tertiary/aromatic N) is 2. The molecule has 1 N–H and O–H groups in total. The standard InChI is InChI=1S/C29H32N2O4/c1-17-6-5-7-18(14-17)8-11-25(33)31(3)21-10-9-20-22-15-19-23(32)16-24(34-4)27-26(19)29(20,28(21)35-27)12-13-30(22)2/h5-7,14,16,20-22,28,32H,9-10,12-13,15H2,1-4H3/t20-,21+,22+,28-,29-/m0/s1. The van der Waals surface area contributed by atoms with E-state index in [4.69, 9.17) is 9.47 Å². The van der Waals surface area contributed by atoms with Crippen LogP contribution in [0.3, 0.4) is 0 Å². The number of hydrogen-bond donors (Lipinski definition) is 1. The molecule has 182 valence electrons. The quantitative estimate of drug-likeness (QED) is 0.680. The van der Waals surface area contributed by atoms with E-state index in [9.17, 15) is 9.90 Å². The average Bonchev–Trinajstić information content (AvgIpc) is 3.19. The fourth-order valence-electron chi connectivity index (χ4n) is 7.40. The first-order valence-corrected chi connectivity index (χ1v) is 12.5. The van der Waals surface area contributed by atoms with Crippen molar-refractivity contribution in [1.82, 2.24) is 9.80 Å². The van der Waals surface area contributed by atoms with Crippen LogP contribution in [0, 0.1) is 24.7 Å². The Bertz CT molecular complexity index is 1280. The number of phenolic OH excluding ortho intramolecular Hbond substituents is 1. The smallest absolute Gasteiger partial charge is 0.298 e. The summed E-state index contributed by atoms with van der Waals surface area (Å²) in [4.78, 5) is 17.5. The Labute approximate surface area is 206 Å². The van der Waals surface area contributed by atoms with Crippen LogP contribution in [-0.2, 0) is 16.6 Å². The molecule has 0 radical (unpaired) electrons. The van der Waals surface area contributed by atoms with Gasteiger partial charge in [0, 0.05) is 47.2 Å². The topological polar surface area (TPSA) is 62.2 Å². The monoisotopic (exact) mass is 472 g/mol. The third kappa shape index (κ3) is 3.11. The Morgan fingerprint density at radius 1 is 1.31 bits per heavy atom. The minimum Gasteiger partial charge on any atom is -0.508 e. The normalized spacial score (nSPS) is 29.9. The molecule has 1 saturated carbocycles. The molecule has 2 fully saturated rings. The number of likely N-dealkylation sites (tertiary alicyclic amines) is 1. The number of carbonyl (C=O) groups is 1. The van der Waals surface area contributed by atoms with Crippen LogP contribution in [0.5, 0.6) is 17.2 Å². The van der Waals surface area contributed by atoms with Gasteiger partial charge in [-0.2, -0.15) is 0 Å². The van der Waals surface area contributed by atoms with Crippen molar-refractivity contribution in [2.45, 2.75) is 56.2 Å². The van der Waals surface area contributed by atoms with E-state index in [0.717, 1.165) is 60.2 Å². The summed E-state index contributed by atoms with van der Waals surface area (Å²) in [6, 6.07) is 9.84. The number of rotatable bonds is 2. The third-order valence-electron chi connectivity index (χ3n) is 9.02. The van der Waals surface area contributed by atoms with Crippen molar-refractivity contribution >= 4 is 5.91 Å². The molecule has 5 atom stereocenters. The van der Waals surface area contributed by atoms with Crippen LogP contribution in [-0.4, -0.2) is 66.8 Å². The van der Waals surface area contributed by atoms with E-state index in [-0.39, 0.29) is 23.5 Å². The fraction of sp³-hybridized carbons (Fsp3) is 0.483. The molecule has 2 aromatic rings. The summed E-state index contributed by atoms with van der Waals surface area (Å²) in [5, 5.41) is 11.0. The Morgan fingerprint density at radius 2 is 2.14 bits per heavy atom. The van der Waals surface area contributed by atoms with Crippen LogP contribution >= 0.6 is 0 Å². The van der Waals surface area contributed by atoms with E-state index in [1.165, 1.54) is 0 Å². The summed E-state index contributed by atoms with van der Waals surface area (Å²) >= 11 is 0. The van der Waals surface area contributed by atoms with Gasteiger partial charge in [-0.3, -0.25) is 4.79 Å². The first-order chi connectivity index (χ1) is 16.8. The second-order valence-electron chi connectivity index (χ2n) is 10.6. The van der Waals surface area contributed by atoms with Crippen LogP contribution in [0.1, 0.15) is 41.5 Å². The molecule has 1 saturated heterocycles. The number of amides is 1. The van der Waals surface area contributed by atoms with Crippen molar-refractivity contribution < 1.29 is 19.4 Å². The lowest BCUT2D eigenvalue weighted by molar-refractivity contribution is -0.133. The number of methoxy groups -OCH3 is 1. The number of likely N-dealkylation sites (N-methyl/N-ethyl adjacent to an activating group) is 2. The first-order valence-electron chi connectivity index (χ1n) is 12.5. The summed E-state index contributed by atoms with van der Waals surface area (Å²) < 4.78 is 12.4. The van der Waals surface area contributed by atoms with Crippen molar-refractivity contribution in [2.24, 2.45) is 5.92 Å². The molecular formula is C29H32N2O4. The molecule has 35 heavy (non-hydrogen) atoms. The van der Waals surface area contributed by atoms with Crippen molar-refractivity contribution in [3.63, 3.8) is 0 Å². The number of aromatic hydroxyl groups is 1. The molecule has 0 unspecified atom stereocenters. The van der Waals surface area contributed by atoms with Gasteiger partial charge in [0.15, 0.2) is 11.5 Å². The second-order valence-corrected chi connectivity index (χ2v) is 10.6. The van der Waals surface area contributed by atoms with Gasteiger partial charge in [0.2, 0.25) is 0 Å². The third-order valence-corrected chi connectivity index (χ3v) is 9.02. The van der Waals surface area contributed by atoms with Gasteiger partial charge < -0.3 is 24.4 Å². The minimum atomic E-state index is -0.229. The zero-order valence-corrected chi connectivity index (χ0v) is 20.8. The maximum Gasteiger partial charge on any atom is 0.298 e. The van der Waals surface area contributed by atoms with Crippen LogP contribution in [0.4, 0.5) is 0 Å². The molecule has 6 heteroatoms. The molecular weight excluding hydrogens is 440 g/mol. The van der Waals surface area contributed by atoms with E-state index >= 15 is 0 Å². The maximum absolute atomic E-state index is 13.2. The minimum absolute atomic E-state index is 0.0974. The highest BCUT2D eigenvalue weighted by Gasteiger charge is 2.66. The predicted molar refractivity (Wildman–Crippen MR) is 133 cm³/mol. The average molecular weight is 473 g/mol. The highest BCUT2D eigenvalue weighted by atomic mass is 16.5. The van der Waals surface area contributed by atoms with Crippen molar-refractivity contribution in [1.29, 1.82) is 0 Å². The summed E-state index contributed by atoms with van der Waals surface area (Å²) in [6.07, 6.45) is 3.46. The van der Waals surface area contributed by atoms with E-state index in [2.05, 4.69) is 23.8 Å². The molecule has 6 rings (SSSR count). The molecule has 1 amide bonds. The lowest BCUT2D eigenvalue weighted by Crippen LogP contribution is -2.68. The summed E-state index contributed by atoms with van der Waals surface area (Å²) in [7, 11) is 5.66. The number of ether oxygens (including phenoxy) is 2. The molecule has 2 bridgehead atoms.